The Morgan fingerprint density at radius 1 is 1.00 bits per heavy atom. The Balaban J connectivity index is 1.68. The number of aromatic nitrogens is 7. The molecule has 110 valence electrons. The van der Waals surface area contributed by atoms with Crippen LogP contribution in [0.1, 0.15) is 0 Å². The van der Waals surface area contributed by atoms with E-state index in [0.29, 0.717) is 0 Å². The van der Waals surface area contributed by atoms with Crippen molar-refractivity contribution >= 4 is 21.9 Å². The predicted molar refractivity (Wildman–Crippen MR) is 86.1 cm³/mol. The number of H-pyrrole nitrogens is 2. The van der Waals surface area contributed by atoms with Gasteiger partial charge in [0, 0.05) is 22.7 Å². The van der Waals surface area contributed by atoms with Crippen LogP contribution in [0.4, 0.5) is 0 Å². The summed E-state index contributed by atoms with van der Waals surface area (Å²) in [4.78, 5) is 11.3. The summed E-state index contributed by atoms with van der Waals surface area (Å²) in [5, 5.41) is 12.4. The zero-order valence-electron chi connectivity index (χ0n) is 11.9. The third-order valence-corrected chi connectivity index (χ3v) is 3.92. The van der Waals surface area contributed by atoms with Crippen LogP contribution >= 0.6 is 0 Å². The lowest BCUT2D eigenvalue weighted by molar-refractivity contribution is 0.790. The molecule has 0 aliphatic rings. The van der Waals surface area contributed by atoms with E-state index in [1.807, 2.05) is 36.5 Å². The fourth-order valence-electron chi connectivity index (χ4n) is 2.81. The maximum atomic E-state index is 4.69. The molecule has 7 nitrogen and oxygen atoms in total. The smallest absolute Gasteiger partial charge is 0.143 e. The van der Waals surface area contributed by atoms with Gasteiger partial charge < -0.3 is 9.97 Å². The van der Waals surface area contributed by atoms with Crippen molar-refractivity contribution < 1.29 is 0 Å². The molecule has 3 heterocycles. The number of para-hydroxylation sites is 1. The molecule has 0 saturated heterocycles. The van der Waals surface area contributed by atoms with Gasteiger partial charge in [-0.1, -0.05) is 18.2 Å². The van der Waals surface area contributed by atoms with Crippen LogP contribution in [-0.2, 0) is 0 Å². The second-order valence-corrected chi connectivity index (χ2v) is 5.29. The SMILES string of the molecule is c1ccc2c(-c3nc4ccc(-n5cnnn5)cc4[nH]3)c[nH]c2c1. The van der Waals surface area contributed by atoms with Crippen LogP contribution in [0, 0.1) is 0 Å². The lowest BCUT2D eigenvalue weighted by Gasteiger charge is -1.97. The molecule has 0 unspecified atom stereocenters. The Morgan fingerprint density at radius 3 is 2.87 bits per heavy atom. The zero-order valence-corrected chi connectivity index (χ0v) is 11.9. The number of nitrogens with one attached hydrogen (secondary N) is 2. The number of aromatic amines is 2. The molecule has 0 fully saturated rings. The molecule has 5 rings (SSSR count). The summed E-state index contributed by atoms with van der Waals surface area (Å²) in [6, 6.07) is 14.1. The summed E-state index contributed by atoms with van der Waals surface area (Å²) in [6.07, 6.45) is 3.54. The van der Waals surface area contributed by atoms with Crippen LogP contribution in [-0.4, -0.2) is 35.2 Å². The fourth-order valence-corrected chi connectivity index (χ4v) is 2.81. The van der Waals surface area contributed by atoms with Crippen LogP contribution in [0.5, 0.6) is 0 Å². The molecule has 3 aromatic heterocycles. The van der Waals surface area contributed by atoms with Crippen LogP contribution in [0.2, 0.25) is 0 Å². The topological polar surface area (TPSA) is 88.1 Å². The van der Waals surface area contributed by atoms with Crippen LogP contribution in [0.25, 0.3) is 39.0 Å². The Kier molecular flexibility index (Phi) is 2.37. The lowest BCUT2D eigenvalue weighted by Crippen LogP contribution is -1.94. The molecule has 0 radical (unpaired) electrons. The minimum absolute atomic E-state index is 0.839. The highest BCUT2D eigenvalue weighted by molar-refractivity contribution is 5.95. The summed E-state index contributed by atoms with van der Waals surface area (Å²) >= 11 is 0. The van der Waals surface area contributed by atoms with Gasteiger partial charge in [-0.2, -0.15) is 0 Å². The van der Waals surface area contributed by atoms with E-state index >= 15 is 0 Å². The molecule has 2 aromatic carbocycles. The summed E-state index contributed by atoms with van der Waals surface area (Å²) in [7, 11) is 0. The first kappa shape index (κ1) is 12.1. The summed E-state index contributed by atoms with van der Waals surface area (Å²) in [5.41, 5.74) is 4.88. The Bertz CT molecular complexity index is 1120. The van der Waals surface area contributed by atoms with E-state index in [4.69, 9.17) is 4.98 Å². The average Bonchev–Trinajstić information content (AvgIpc) is 3.32. The van der Waals surface area contributed by atoms with Gasteiger partial charge in [0.25, 0.3) is 0 Å². The number of nitrogens with zero attached hydrogens (tertiary/aromatic N) is 5. The number of imidazole rings is 1. The highest BCUT2D eigenvalue weighted by atomic mass is 15.5. The van der Waals surface area contributed by atoms with Gasteiger partial charge in [0.05, 0.1) is 16.7 Å². The van der Waals surface area contributed by atoms with Gasteiger partial charge in [0.15, 0.2) is 0 Å². The third-order valence-electron chi connectivity index (χ3n) is 3.92. The molecule has 23 heavy (non-hydrogen) atoms. The molecule has 0 amide bonds. The van der Waals surface area contributed by atoms with E-state index < -0.39 is 0 Å². The monoisotopic (exact) mass is 301 g/mol. The molecule has 0 saturated carbocycles. The molecule has 0 spiro atoms. The molecule has 5 aromatic rings. The Morgan fingerprint density at radius 2 is 1.96 bits per heavy atom. The summed E-state index contributed by atoms with van der Waals surface area (Å²) in [5.74, 6) is 0.839. The van der Waals surface area contributed by atoms with Crippen molar-refractivity contribution in [3.63, 3.8) is 0 Å². The average molecular weight is 301 g/mol. The molecular formula is C16H11N7. The van der Waals surface area contributed by atoms with Crippen molar-refractivity contribution in [2.75, 3.05) is 0 Å². The molecule has 0 aliphatic heterocycles. The van der Waals surface area contributed by atoms with E-state index in [-0.39, 0.29) is 0 Å². The number of benzene rings is 2. The van der Waals surface area contributed by atoms with E-state index in [2.05, 4.69) is 37.6 Å². The number of rotatable bonds is 2. The summed E-state index contributed by atoms with van der Waals surface area (Å²) < 4.78 is 1.62. The van der Waals surface area contributed by atoms with E-state index in [1.165, 1.54) is 0 Å². The van der Waals surface area contributed by atoms with Crippen molar-refractivity contribution in [1.82, 2.24) is 35.2 Å². The van der Waals surface area contributed by atoms with Crippen LogP contribution in [0.15, 0.2) is 55.0 Å². The minimum Gasteiger partial charge on any atom is -0.360 e. The fraction of sp³-hybridized carbons (Fsp3) is 0. The van der Waals surface area contributed by atoms with E-state index in [0.717, 1.165) is 39.0 Å². The number of tetrazole rings is 1. The maximum absolute atomic E-state index is 4.69. The highest BCUT2D eigenvalue weighted by Gasteiger charge is 2.11. The third kappa shape index (κ3) is 1.83. The van der Waals surface area contributed by atoms with Gasteiger partial charge in [-0.25, -0.2) is 9.67 Å². The van der Waals surface area contributed by atoms with Crippen LogP contribution in [0.3, 0.4) is 0 Å². The Hall–Kier alpha value is -3.48. The van der Waals surface area contributed by atoms with Gasteiger partial charge in [-0.15, -0.1) is 5.10 Å². The molecule has 0 bridgehead atoms. The van der Waals surface area contributed by atoms with E-state index in [1.54, 1.807) is 11.0 Å². The van der Waals surface area contributed by atoms with Crippen LogP contribution < -0.4 is 0 Å². The summed E-state index contributed by atoms with van der Waals surface area (Å²) in [6.45, 7) is 0. The first-order chi connectivity index (χ1) is 11.4. The molecular weight excluding hydrogens is 290 g/mol. The lowest BCUT2D eigenvalue weighted by atomic mass is 10.2. The number of hydrogen-bond donors (Lipinski definition) is 2. The van der Waals surface area contributed by atoms with Gasteiger partial charge in [0.1, 0.15) is 12.2 Å². The molecule has 7 heteroatoms. The zero-order chi connectivity index (χ0) is 15.2. The van der Waals surface area contributed by atoms with Crippen molar-refractivity contribution in [2.24, 2.45) is 0 Å². The molecule has 0 aliphatic carbocycles. The van der Waals surface area contributed by atoms with Crippen molar-refractivity contribution in [1.29, 1.82) is 0 Å². The Labute approximate surface area is 130 Å². The number of fused-ring (bicyclic) bond motifs is 2. The first-order valence-corrected chi connectivity index (χ1v) is 7.18. The van der Waals surface area contributed by atoms with Crippen molar-refractivity contribution in [3.8, 4) is 17.1 Å². The predicted octanol–water partition coefficient (Wildman–Crippen LogP) is 2.69. The van der Waals surface area contributed by atoms with Gasteiger partial charge >= 0.3 is 0 Å². The quantitative estimate of drug-likeness (QED) is 0.524. The van der Waals surface area contributed by atoms with Crippen molar-refractivity contribution in [3.05, 3.63) is 55.0 Å². The molecule has 2 N–H and O–H groups in total. The van der Waals surface area contributed by atoms with Gasteiger partial charge in [0.2, 0.25) is 0 Å². The number of hydrogen-bond acceptors (Lipinski definition) is 4. The standard InChI is InChI=1S/C16H11N7/c1-2-4-13-11(3-1)12(8-17-13)16-19-14-6-5-10(7-15(14)20-16)23-9-18-21-22-23/h1-9,17H,(H,19,20). The maximum Gasteiger partial charge on any atom is 0.143 e. The van der Waals surface area contributed by atoms with Gasteiger partial charge in [-0.05, 0) is 34.7 Å². The second-order valence-electron chi connectivity index (χ2n) is 5.29. The van der Waals surface area contributed by atoms with Gasteiger partial charge in [-0.3, -0.25) is 0 Å². The minimum atomic E-state index is 0.839. The second kappa shape index (κ2) is 4.51. The van der Waals surface area contributed by atoms with E-state index in [9.17, 15) is 0 Å². The first-order valence-electron chi connectivity index (χ1n) is 7.18. The highest BCUT2D eigenvalue weighted by Crippen LogP contribution is 2.28. The molecule has 0 atom stereocenters. The van der Waals surface area contributed by atoms with Crippen molar-refractivity contribution in [2.45, 2.75) is 0 Å². The normalized spacial score (nSPS) is 11.5. The largest absolute Gasteiger partial charge is 0.360 e.